The maximum atomic E-state index is 11.2. The molecule has 0 unspecified atom stereocenters. The van der Waals surface area contributed by atoms with E-state index in [1.54, 1.807) is 0 Å². The molecule has 0 saturated carbocycles. The van der Waals surface area contributed by atoms with Crippen LogP contribution in [-0.4, -0.2) is 48.8 Å². The lowest BCUT2D eigenvalue weighted by Gasteiger charge is -2.12. The van der Waals surface area contributed by atoms with E-state index in [1.807, 2.05) is 27.7 Å². The van der Waals surface area contributed by atoms with Gasteiger partial charge in [-0.2, -0.15) is 0 Å². The number of amides is 2. The van der Waals surface area contributed by atoms with E-state index in [1.165, 1.54) is 0 Å². The molecule has 6 heteroatoms. The molecule has 0 aliphatic rings. The summed E-state index contributed by atoms with van der Waals surface area (Å²) in [5.74, 6) is -0.312. The van der Waals surface area contributed by atoms with Crippen molar-refractivity contribution >= 4 is 12.3 Å². The molecule has 0 aromatic carbocycles. The summed E-state index contributed by atoms with van der Waals surface area (Å²) >= 11 is 0. The minimum absolute atomic E-state index is 0.150. The standard InChI is InChI=1S/C11H22N2O4.2C2H6/c14-6-4-2-1-3-5-12-11(17)13-7-10(8-15)9-16;2*1-2/h6,10,15-16H,1-5,7-9H2,(H2,12,13,17);2*1-2H3. The van der Waals surface area contributed by atoms with E-state index in [-0.39, 0.29) is 31.7 Å². The third-order valence-electron chi connectivity index (χ3n) is 2.35. The van der Waals surface area contributed by atoms with E-state index < -0.39 is 0 Å². The van der Waals surface area contributed by atoms with Crippen molar-refractivity contribution in [1.82, 2.24) is 10.6 Å². The van der Waals surface area contributed by atoms with Gasteiger partial charge in [-0.3, -0.25) is 0 Å². The molecular formula is C15H34N2O4. The molecule has 0 aliphatic heterocycles. The molecule has 4 N–H and O–H groups in total. The summed E-state index contributed by atoms with van der Waals surface area (Å²) in [6.07, 6.45) is 4.06. The predicted molar refractivity (Wildman–Crippen MR) is 86.3 cm³/mol. The first-order valence-electron chi connectivity index (χ1n) is 7.91. The summed E-state index contributed by atoms with van der Waals surface area (Å²) in [6.45, 7) is 8.52. The van der Waals surface area contributed by atoms with Crippen molar-refractivity contribution in [3.05, 3.63) is 0 Å². The number of aliphatic hydroxyl groups is 2. The highest BCUT2D eigenvalue weighted by molar-refractivity contribution is 5.73. The fourth-order valence-corrected chi connectivity index (χ4v) is 1.22. The zero-order valence-electron chi connectivity index (χ0n) is 14.0. The van der Waals surface area contributed by atoms with Crippen LogP contribution in [0.4, 0.5) is 4.79 Å². The molecule has 21 heavy (non-hydrogen) atoms. The van der Waals surface area contributed by atoms with E-state index in [0.29, 0.717) is 13.0 Å². The Hall–Kier alpha value is -1.14. The first-order chi connectivity index (χ1) is 10.2. The summed E-state index contributed by atoms with van der Waals surface area (Å²) < 4.78 is 0. The van der Waals surface area contributed by atoms with Gasteiger partial charge in [0.1, 0.15) is 6.29 Å². The summed E-state index contributed by atoms with van der Waals surface area (Å²) in [5, 5.41) is 22.8. The molecule has 6 nitrogen and oxygen atoms in total. The number of carbonyl (C=O) groups excluding carboxylic acids is 2. The quantitative estimate of drug-likeness (QED) is 0.365. The Balaban J connectivity index is -0.000000739. The van der Waals surface area contributed by atoms with Crippen LogP contribution in [0.5, 0.6) is 0 Å². The van der Waals surface area contributed by atoms with Crippen LogP contribution in [0, 0.1) is 5.92 Å². The average Bonchev–Trinajstić information content (AvgIpc) is 2.55. The molecule has 128 valence electrons. The average molecular weight is 306 g/mol. The number of urea groups is 1. The van der Waals surface area contributed by atoms with Gasteiger partial charge in [-0.05, 0) is 12.8 Å². The van der Waals surface area contributed by atoms with Crippen molar-refractivity contribution in [2.24, 2.45) is 5.92 Å². The number of aldehydes is 1. The molecule has 0 spiro atoms. The normalized spacial score (nSPS) is 8.90. The highest BCUT2D eigenvalue weighted by Gasteiger charge is 2.07. The number of rotatable bonds is 10. The minimum Gasteiger partial charge on any atom is -0.396 e. The van der Waals surface area contributed by atoms with Gasteiger partial charge in [0.05, 0.1) is 0 Å². The van der Waals surface area contributed by atoms with Crippen LogP contribution in [0.3, 0.4) is 0 Å². The number of nitrogens with one attached hydrogen (secondary N) is 2. The molecule has 0 aromatic rings. The highest BCUT2D eigenvalue weighted by Crippen LogP contribution is 1.96. The maximum absolute atomic E-state index is 11.2. The Labute approximate surface area is 129 Å². The van der Waals surface area contributed by atoms with E-state index in [2.05, 4.69) is 10.6 Å². The van der Waals surface area contributed by atoms with Crippen molar-refractivity contribution in [3.8, 4) is 0 Å². The number of unbranched alkanes of at least 4 members (excludes halogenated alkanes) is 3. The molecule has 0 saturated heterocycles. The molecular weight excluding hydrogens is 272 g/mol. The SMILES string of the molecule is CC.CC.O=CCCCCCNC(=O)NCC(CO)CO. The lowest BCUT2D eigenvalue weighted by molar-refractivity contribution is -0.107. The van der Waals surface area contributed by atoms with Gasteiger partial charge in [-0.1, -0.05) is 34.1 Å². The summed E-state index contributed by atoms with van der Waals surface area (Å²) in [6, 6.07) is -0.299. The number of hydrogen-bond donors (Lipinski definition) is 4. The molecule has 0 rings (SSSR count). The van der Waals surface area contributed by atoms with Gasteiger partial charge in [-0.25, -0.2) is 4.79 Å². The molecule has 0 fully saturated rings. The van der Waals surface area contributed by atoms with Crippen LogP contribution in [0.15, 0.2) is 0 Å². The van der Waals surface area contributed by atoms with Crippen molar-refractivity contribution in [2.45, 2.75) is 53.4 Å². The minimum atomic E-state index is -0.312. The molecule has 0 heterocycles. The second-order valence-electron chi connectivity index (χ2n) is 3.88. The van der Waals surface area contributed by atoms with Gasteiger partial charge in [-0.15, -0.1) is 0 Å². The van der Waals surface area contributed by atoms with Crippen LogP contribution in [0.25, 0.3) is 0 Å². The maximum Gasteiger partial charge on any atom is 0.314 e. The van der Waals surface area contributed by atoms with Gasteiger partial charge in [0.25, 0.3) is 0 Å². The molecule has 0 radical (unpaired) electrons. The third kappa shape index (κ3) is 21.3. The Morgan fingerprint density at radius 2 is 1.57 bits per heavy atom. The van der Waals surface area contributed by atoms with Crippen LogP contribution in [-0.2, 0) is 4.79 Å². The van der Waals surface area contributed by atoms with Crippen LogP contribution >= 0.6 is 0 Å². The topological polar surface area (TPSA) is 98.7 Å². The van der Waals surface area contributed by atoms with Gasteiger partial charge < -0.3 is 25.6 Å². The predicted octanol–water partition coefficient (Wildman–Crippen LogP) is 1.70. The largest absolute Gasteiger partial charge is 0.396 e. The Morgan fingerprint density at radius 3 is 2.05 bits per heavy atom. The Morgan fingerprint density at radius 1 is 1.00 bits per heavy atom. The van der Waals surface area contributed by atoms with E-state index in [0.717, 1.165) is 25.5 Å². The van der Waals surface area contributed by atoms with Crippen LogP contribution in [0.2, 0.25) is 0 Å². The smallest absolute Gasteiger partial charge is 0.314 e. The lowest BCUT2D eigenvalue weighted by Crippen LogP contribution is -2.40. The first-order valence-corrected chi connectivity index (χ1v) is 7.91. The van der Waals surface area contributed by atoms with Crippen LogP contribution in [0.1, 0.15) is 53.4 Å². The second kappa shape index (κ2) is 23.9. The zero-order valence-corrected chi connectivity index (χ0v) is 14.0. The fourth-order valence-electron chi connectivity index (χ4n) is 1.22. The number of carbonyl (C=O) groups is 2. The highest BCUT2D eigenvalue weighted by atomic mass is 16.3. The second-order valence-corrected chi connectivity index (χ2v) is 3.88. The molecule has 0 bridgehead atoms. The number of aliphatic hydroxyl groups excluding tert-OH is 2. The summed E-state index contributed by atoms with van der Waals surface area (Å²) in [7, 11) is 0. The molecule has 0 aromatic heterocycles. The Kier molecular flexibility index (Phi) is 28.3. The number of hydrogen-bond acceptors (Lipinski definition) is 4. The van der Waals surface area contributed by atoms with E-state index in [4.69, 9.17) is 10.2 Å². The van der Waals surface area contributed by atoms with Crippen molar-refractivity contribution in [1.29, 1.82) is 0 Å². The Bertz CT molecular complexity index is 210. The van der Waals surface area contributed by atoms with Crippen molar-refractivity contribution in [3.63, 3.8) is 0 Å². The van der Waals surface area contributed by atoms with E-state index >= 15 is 0 Å². The third-order valence-corrected chi connectivity index (χ3v) is 2.35. The molecule has 0 aliphatic carbocycles. The van der Waals surface area contributed by atoms with Crippen molar-refractivity contribution in [2.75, 3.05) is 26.3 Å². The molecule has 0 atom stereocenters. The monoisotopic (exact) mass is 306 g/mol. The fraction of sp³-hybridized carbons (Fsp3) is 0.867. The van der Waals surface area contributed by atoms with Crippen molar-refractivity contribution < 1.29 is 19.8 Å². The summed E-state index contributed by atoms with van der Waals surface area (Å²) in [5.41, 5.74) is 0. The van der Waals surface area contributed by atoms with Gasteiger partial charge in [0.2, 0.25) is 0 Å². The summed E-state index contributed by atoms with van der Waals surface area (Å²) in [4.78, 5) is 21.3. The van der Waals surface area contributed by atoms with Gasteiger partial charge >= 0.3 is 6.03 Å². The van der Waals surface area contributed by atoms with E-state index in [9.17, 15) is 9.59 Å². The van der Waals surface area contributed by atoms with Crippen LogP contribution < -0.4 is 10.6 Å². The van der Waals surface area contributed by atoms with Gasteiger partial charge in [0, 0.05) is 38.6 Å². The first kappa shape index (κ1) is 24.9. The zero-order chi connectivity index (χ0) is 16.9. The molecule has 2 amide bonds. The van der Waals surface area contributed by atoms with Gasteiger partial charge in [0.15, 0.2) is 0 Å². The lowest BCUT2D eigenvalue weighted by atomic mass is 10.2.